The lowest BCUT2D eigenvalue weighted by Crippen LogP contribution is -1.94. The van der Waals surface area contributed by atoms with Crippen LogP contribution in [0.1, 0.15) is 0 Å². The zero-order chi connectivity index (χ0) is 10.5. The Kier molecular flexibility index (Phi) is 2.78. The van der Waals surface area contributed by atoms with Gasteiger partial charge in [-0.05, 0) is 24.3 Å². The molecule has 0 amide bonds. The van der Waals surface area contributed by atoms with Crippen molar-refractivity contribution in [2.75, 3.05) is 17.7 Å². The molecule has 0 aliphatic rings. The second-order valence-electron chi connectivity index (χ2n) is 3.04. The Labute approximate surface area is 88.4 Å². The molecule has 0 saturated heterocycles. The van der Waals surface area contributed by atoms with Crippen LogP contribution < -0.4 is 10.6 Å². The maximum Gasteiger partial charge on any atom is 0.125 e. The van der Waals surface area contributed by atoms with Crippen molar-refractivity contribution < 1.29 is 0 Å². The van der Waals surface area contributed by atoms with Gasteiger partial charge in [0, 0.05) is 25.1 Å². The molecule has 2 rings (SSSR count). The van der Waals surface area contributed by atoms with Gasteiger partial charge in [0.05, 0.1) is 11.9 Å². The van der Waals surface area contributed by atoms with E-state index in [9.17, 15) is 0 Å². The molecule has 2 N–H and O–H groups in total. The van der Waals surface area contributed by atoms with Crippen molar-refractivity contribution in [3.63, 3.8) is 0 Å². The van der Waals surface area contributed by atoms with Gasteiger partial charge in [0.15, 0.2) is 0 Å². The molecule has 0 atom stereocenters. The highest BCUT2D eigenvalue weighted by Crippen LogP contribution is 2.15. The molecule has 4 heteroatoms. The highest BCUT2D eigenvalue weighted by atomic mass is 15.0. The minimum Gasteiger partial charge on any atom is -0.373 e. The van der Waals surface area contributed by atoms with E-state index in [0.29, 0.717) is 0 Å². The number of hydrogen-bond acceptors (Lipinski definition) is 4. The fourth-order valence-corrected chi connectivity index (χ4v) is 1.22. The maximum absolute atomic E-state index is 4.20. The van der Waals surface area contributed by atoms with E-state index in [1.165, 1.54) is 0 Å². The SMILES string of the molecule is CNc1ccc(Nc2ccncc2)cn1. The Bertz CT molecular complexity index is 410. The summed E-state index contributed by atoms with van der Waals surface area (Å²) in [7, 11) is 1.85. The van der Waals surface area contributed by atoms with E-state index in [2.05, 4.69) is 20.6 Å². The third-order valence-corrected chi connectivity index (χ3v) is 1.99. The Hall–Kier alpha value is -2.10. The van der Waals surface area contributed by atoms with E-state index in [4.69, 9.17) is 0 Å². The first-order valence-electron chi connectivity index (χ1n) is 4.69. The van der Waals surface area contributed by atoms with Gasteiger partial charge in [-0.2, -0.15) is 0 Å². The molecule has 0 aromatic carbocycles. The van der Waals surface area contributed by atoms with Crippen molar-refractivity contribution in [1.82, 2.24) is 9.97 Å². The van der Waals surface area contributed by atoms with Crippen LogP contribution in [0.3, 0.4) is 0 Å². The average molecular weight is 200 g/mol. The number of hydrogen-bond donors (Lipinski definition) is 2. The van der Waals surface area contributed by atoms with E-state index in [1.807, 2.05) is 31.3 Å². The molecule has 0 spiro atoms. The number of rotatable bonds is 3. The average Bonchev–Trinajstić information content (AvgIpc) is 2.31. The normalized spacial score (nSPS) is 9.67. The van der Waals surface area contributed by atoms with Crippen molar-refractivity contribution in [3.05, 3.63) is 42.9 Å². The highest BCUT2D eigenvalue weighted by molar-refractivity contribution is 5.59. The molecule has 0 radical (unpaired) electrons. The summed E-state index contributed by atoms with van der Waals surface area (Å²) in [6.45, 7) is 0. The van der Waals surface area contributed by atoms with Gasteiger partial charge in [-0.3, -0.25) is 4.98 Å². The van der Waals surface area contributed by atoms with Gasteiger partial charge < -0.3 is 10.6 Å². The molecule has 0 saturated carbocycles. The molecule has 4 nitrogen and oxygen atoms in total. The largest absolute Gasteiger partial charge is 0.373 e. The Balaban J connectivity index is 2.11. The van der Waals surface area contributed by atoms with Crippen LogP contribution in [0.25, 0.3) is 0 Å². The smallest absolute Gasteiger partial charge is 0.125 e. The fourth-order valence-electron chi connectivity index (χ4n) is 1.22. The molecule has 2 heterocycles. The van der Waals surface area contributed by atoms with E-state index in [1.54, 1.807) is 18.6 Å². The molecule has 0 aliphatic carbocycles. The predicted octanol–water partition coefficient (Wildman–Crippen LogP) is 2.26. The van der Waals surface area contributed by atoms with Crippen molar-refractivity contribution in [2.24, 2.45) is 0 Å². The number of pyridine rings is 2. The second kappa shape index (κ2) is 4.41. The van der Waals surface area contributed by atoms with Gasteiger partial charge in [-0.25, -0.2) is 4.98 Å². The Morgan fingerprint density at radius 1 is 1.00 bits per heavy atom. The third-order valence-electron chi connectivity index (χ3n) is 1.99. The van der Waals surface area contributed by atoms with Crippen molar-refractivity contribution in [3.8, 4) is 0 Å². The van der Waals surface area contributed by atoms with Gasteiger partial charge in [0.25, 0.3) is 0 Å². The fraction of sp³-hybridized carbons (Fsp3) is 0.0909. The highest BCUT2D eigenvalue weighted by Gasteiger charge is 1.94. The molecule has 0 unspecified atom stereocenters. The minimum atomic E-state index is 0.857. The first-order valence-corrected chi connectivity index (χ1v) is 4.69. The molecule has 76 valence electrons. The lowest BCUT2D eigenvalue weighted by Gasteiger charge is -2.05. The van der Waals surface area contributed by atoms with Gasteiger partial charge in [0.2, 0.25) is 0 Å². The zero-order valence-electron chi connectivity index (χ0n) is 8.44. The first-order chi connectivity index (χ1) is 7.38. The minimum absolute atomic E-state index is 0.857. The van der Waals surface area contributed by atoms with Crippen LogP contribution in [0.2, 0.25) is 0 Å². The predicted molar refractivity (Wildman–Crippen MR) is 61.3 cm³/mol. The molecule has 15 heavy (non-hydrogen) atoms. The molecule has 0 aliphatic heterocycles. The van der Waals surface area contributed by atoms with Crippen LogP contribution in [-0.2, 0) is 0 Å². The standard InChI is InChI=1S/C11H12N4/c1-12-11-3-2-10(8-14-11)15-9-4-6-13-7-5-9/h2-8H,1H3,(H,12,14)(H,13,15). The van der Waals surface area contributed by atoms with Crippen LogP contribution in [0.15, 0.2) is 42.9 Å². The lowest BCUT2D eigenvalue weighted by molar-refractivity contribution is 1.28. The van der Waals surface area contributed by atoms with Crippen LogP contribution in [-0.4, -0.2) is 17.0 Å². The van der Waals surface area contributed by atoms with E-state index in [0.717, 1.165) is 17.2 Å². The lowest BCUT2D eigenvalue weighted by atomic mass is 10.3. The van der Waals surface area contributed by atoms with E-state index in [-0.39, 0.29) is 0 Å². The number of nitrogens with zero attached hydrogens (tertiary/aromatic N) is 2. The summed E-state index contributed by atoms with van der Waals surface area (Å²) < 4.78 is 0. The van der Waals surface area contributed by atoms with Crippen LogP contribution in [0, 0.1) is 0 Å². The third kappa shape index (κ3) is 2.43. The monoisotopic (exact) mass is 200 g/mol. The quantitative estimate of drug-likeness (QED) is 0.798. The number of anilines is 3. The van der Waals surface area contributed by atoms with Gasteiger partial charge >= 0.3 is 0 Å². The molecule has 2 aromatic rings. The van der Waals surface area contributed by atoms with Gasteiger partial charge in [0.1, 0.15) is 5.82 Å². The van der Waals surface area contributed by atoms with Crippen LogP contribution >= 0.6 is 0 Å². The topological polar surface area (TPSA) is 49.8 Å². The molecule has 0 fully saturated rings. The number of aromatic nitrogens is 2. The van der Waals surface area contributed by atoms with Crippen molar-refractivity contribution in [2.45, 2.75) is 0 Å². The summed E-state index contributed by atoms with van der Waals surface area (Å²) in [5, 5.41) is 6.19. The molecule has 0 bridgehead atoms. The summed E-state index contributed by atoms with van der Waals surface area (Å²) in [5.41, 5.74) is 1.96. The van der Waals surface area contributed by atoms with E-state index >= 15 is 0 Å². The van der Waals surface area contributed by atoms with Gasteiger partial charge in [-0.15, -0.1) is 0 Å². The zero-order valence-corrected chi connectivity index (χ0v) is 8.44. The van der Waals surface area contributed by atoms with E-state index < -0.39 is 0 Å². The summed E-state index contributed by atoms with van der Waals surface area (Å²) in [6, 6.07) is 7.71. The summed E-state index contributed by atoms with van der Waals surface area (Å²) in [4.78, 5) is 8.15. The van der Waals surface area contributed by atoms with Gasteiger partial charge in [-0.1, -0.05) is 0 Å². The summed E-state index contributed by atoms with van der Waals surface area (Å²) in [6.07, 6.45) is 5.28. The van der Waals surface area contributed by atoms with Crippen molar-refractivity contribution >= 4 is 17.2 Å². The Morgan fingerprint density at radius 2 is 1.80 bits per heavy atom. The molecular formula is C11H12N4. The van der Waals surface area contributed by atoms with Crippen LogP contribution in [0.5, 0.6) is 0 Å². The van der Waals surface area contributed by atoms with Crippen molar-refractivity contribution in [1.29, 1.82) is 0 Å². The molecular weight excluding hydrogens is 188 g/mol. The summed E-state index contributed by atoms with van der Waals surface area (Å²) in [5.74, 6) is 0.857. The summed E-state index contributed by atoms with van der Waals surface area (Å²) >= 11 is 0. The number of nitrogens with one attached hydrogen (secondary N) is 2. The molecule has 2 aromatic heterocycles. The second-order valence-corrected chi connectivity index (χ2v) is 3.04. The maximum atomic E-state index is 4.20. The van der Waals surface area contributed by atoms with Crippen LogP contribution in [0.4, 0.5) is 17.2 Å². The Morgan fingerprint density at radius 3 is 2.40 bits per heavy atom. The first kappa shape index (κ1) is 9.45.